The summed E-state index contributed by atoms with van der Waals surface area (Å²) in [6.45, 7) is 7.88. The van der Waals surface area contributed by atoms with Crippen LogP contribution in [-0.4, -0.2) is 41.2 Å². The number of fused-ring (bicyclic) bond motifs is 3. The van der Waals surface area contributed by atoms with E-state index < -0.39 is 5.54 Å². The lowest BCUT2D eigenvalue weighted by Crippen LogP contribution is -2.65. The molecule has 0 spiro atoms. The van der Waals surface area contributed by atoms with E-state index in [2.05, 4.69) is 39.0 Å². The zero-order chi connectivity index (χ0) is 17.3. The summed E-state index contributed by atoms with van der Waals surface area (Å²) < 4.78 is 0. The van der Waals surface area contributed by atoms with Gasteiger partial charge < -0.3 is 9.80 Å². The van der Waals surface area contributed by atoms with Gasteiger partial charge >= 0.3 is 0 Å². The van der Waals surface area contributed by atoms with Crippen LogP contribution in [-0.2, 0) is 21.5 Å². The molecule has 0 bridgehead atoms. The largest absolute Gasteiger partial charge is 0.330 e. The summed E-state index contributed by atoms with van der Waals surface area (Å²) in [5, 5.41) is 0. The molecule has 2 unspecified atom stereocenters. The first-order valence-corrected chi connectivity index (χ1v) is 9.19. The third-order valence-corrected chi connectivity index (χ3v) is 5.71. The predicted molar refractivity (Wildman–Crippen MR) is 94.5 cm³/mol. The molecule has 1 aromatic carbocycles. The number of benzene rings is 1. The van der Waals surface area contributed by atoms with Crippen molar-refractivity contribution in [1.82, 2.24) is 9.80 Å². The van der Waals surface area contributed by atoms with Crippen LogP contribution in [0.15, 0.2) is 24.3 Å². The van der Waals surface area contributed by atoms with Crippen LogP contribution < -0.4 is 0 Å². The van der Waals surface area contributed by atoms with Gasteiger partial charge in [0.2, 0.25) is 11.8 Å². The van der Waals surface area contributed by atoms with Gasteiger partial charge in [-0.3, -0.25) is 9.59 Å². The van der Waals surface area contributed by atoms with Gasteiger partial charge in [-0.25, -0.2) is 0 Å². The second kappa shape index (κ2) is 6.58. The predicted octanol–water partition coefficient (Wildman–Crippen LogP) is 2.96. The van der Waals surface area contributed by atoms with Crippen LogP contribution in [0.4, 0.5) is 0 Å². The number of amides is 2. The Morgan fingerprint density at radius 1 is 1.29 bits per heavy atom. The van der Waals surface area contributed by atoms with E-state index in [9.17, 15) is 9.59 Å². The summed E-state index contributed by atoms with van der Waals surface area (Å²) in [4.78, 5) is 29.5. The first kappa shape index (κ1) is 17.0. The highest BCUT2D eigenvalue weighted by molar-refractivity contribution is 5.88. The summed E-state index contributed by atoms with van der Waals surface area (Å²) in [5.41, 5.74) is 2.11. The van der Waals surface area contributed by atoms with Gasteiger partial charge in [0.05, 0.1) is 12.1 Å². The molecule has 2 aliphatic rings. The molecule has 2 heterocycles. The second-order valence-electron chi connectivity index (χ2n) is 7.31. The molecular formula is C20H28N2O2. The molecule has 130 valence electrons. The van der Waals surface area contributed by atoms with Gasteiger partial charge in [0.1, 0.15) is 0 Å². The molecule has 24 heavy (non-hydrogen) atoms. The highest BCUT2D eigenvalue weighted by Gasteiger charge is 2.47. The van der Waals surface area contributed by atoms with Crippen molar-refractivity contribution in [3.63, 3.8) is 0 Å². The fourth-order valence-electron chi connectivity index (χ4n) is 4.40. The van der Waals surface area contributed by atoms with E-state index in [1.165, 1.54) is 11.1 Å². The fraction of sp³-hybridized carbons (Fsp3) is 0.600. The lowest BCUT2D eigenvalue weighted by Gasteiger charge is -2.52. The standard InChI is InChI=1S/C20H28N2O2/c1-4-8-15(5-2)19(24)21-13-18(23)22-12-11-16-9-6-7-10-17(16)20(22,3)14-21/h6-7,9-10,15H,4-5,8,11-14H2,1-3H3. The highest BCUT2D eigenvalue weighted by atomic mass is 16.2. The molecule has 1 fully saturated rings. The SMILES string of the molecule is CCCC(CC)C(=O)N1CC(=O)N2CCc3ccccc3C2(C)C1. The van der Waals surface area contributed by atoms with Gasteiger partial charge in [-0.15, -0.1) is 0 Å². The molecule has 4 nitrogen and oxygen atoms in total. The molecule has 0 radical (unpaired) electrons. The van der Waals surface area contributed by atoms with Crippen molar-refractivity contribution >= 4 is 11.8 Å². The first-order chi connectivity index (χ1) is 11.5. The minimum atomic E-state index is -0.398. The van der Waals surface area contributed by atoms with Crippen LogP contribution in [0.1, 0.15) is 51.2 Å². The first-order valence-electron chi connectivity index (χ1n) is 9.19. The van der Waals surface area contributed by atoms with Crippen molar-refractivity contribution in [3.8, 4) is 0 Å². The van der Waals surface area contributed by atoms with E-state index in [1.54, 1.807) is 0 Å². The van der Waals surface area contributed by atoms with Gasteiger partial charge in [0, 0.05) is 19.0 Å². The van der Waals surface area contributed by atoms with Gasteiger partial charge in [-0.05, 0) is 37.3 Å². The molecule has 3 rings (SSSR count). The molecule has 2 amide bonds. The molecule has 1 saturated heterocycles. The summed E-state index contributed by atoms with van der Waals surface area (Å²) in [6, 6.07) is 8.35. The van der Waals surface area contributed by atoms with E-state index in [0.717, 1.165) is 32.2 Å². The number of carbonyl (C=O) groups is 2. The van der Waals surface area contributed by atoms with E-state index in [1.807, 2.05) is 15.9 Å². The maximum Gasteiger partial charge on any atom is 0.242 e. The zero-order valence-electron chi connectivity index (χ0n) is 15.0. The van der Waals surface area contributed by atoms with Crippen molar-refractivity contribution < 1.29 is 9.59 Å². The molecule has 0 aliphatic carbocycles. The third-order valence-electron chi connectivity index (χ3n) is 5.71. The maximum absolute atomic E-state index is 12.9. The summed E-state index contributed by atoms with van der Waals surface area (Å²) in [7, 11) is 0. The second-order valence-corrected chi connectivity index (χ2v) is 7.31. The third kappa shape index (κ3) is 2.72. The summed E-state index contributed by atoms with van der Waals surface area (Å²) in [5.74, 6) is 0.270. The Labute approximate surface area is 144 Å². The molecule has 4 heteroatoms. The molecule has 1 aromatic rings. The summed E-state index contributed by atoms with van der Waals surface area (Å²) in [6.07, 6.45) is 3.64. The van der Waals surface area contributed by atoms with Gasteiger partial charge in [-0.2, -0.15) is 0 Å². The molecular weight excluding hydrogens is 300 g/mol. The van der Waals surface area contributed by atoms with Gasteiger partial charge in [-0.1, -0.05) is 44.5 Å². The smallest absolute Gasteiger partial charge is 0.242 e. The van der Waals surface area contributed by atoms with E-state index in [4.69, 9.17) is 0 Å². The minimum absolute atomic E-state index is 0.0387. The average molecular weight is 328 g/mol. The van der Waals surface area contributed by atoms with Crippen LogP contribution in [0.5, 0.6) is 0 Å². The number of nitrogens with zero attached hydrogens (tertiary/aromatic N) is 2. The van der Waals surface area contributed by atoms with Gasteiger partial charge in [0.25, 0.3) is 0 Å². The van der Waals surface area contributed by atoms with Crippen LogP contribution in [0, 0.1) is 5.92 Å². The lowest BCUT2D eigenvalue weighted by atomic mass is 9.79. The monoisotopic (exact) mass is 328 g/mol. The van der Waals surface area contributed by atoms with Crippen LogP contribution in [0.25, 0.3) is 0 Å². The van der Waals surface area contributed by atoms with E-state index in [0.29, 0.717) is 6.54 Å². The Morgan fingerprint density at radius 3 is 2.75 bits per heavy atom. The Hall–Kier alpha value is -1.84. The number of hydrogen-bond acceptors (Lipinski definition) is 2. The highest BCUT2D eigenvalue weighted by Crippen LogP contribution is 2.39. The topological polar surface area (TPSA) is 40.6 Å². The van der Waals surface area contributed by atoms with Crippen molar-refractivity contribution in [2.75, 3.05) is 19.6 Å². The Morgan fingerprint density at radius 2 is 2.04 bits per heavy atom. The quantitative estimate of drug-likeness (QED) is 0.852. The maximum atomic E-state index is 12.9. The van der Waals surface area contributed by atoms with Crippen molar-refractivity contribution in [3.05, 3.63) is 35.4 Å². The molecule has 0 N–H and O–H groups in total. The molecule has 0 saturated carbocycles. The fourth-order valence-corrected chi connectivity index (χ4v) is 4.40. The van der Waals surface area contributed by atoms with Crippen LogP contribution in [0.2, 0.25) is 0 Å². The lowest BCUT2D eigenvalue weighted by molar-refractivity contribution is -0.157. The Kier molecular flexibility index (Phi) is 4.66. The normalized spacial score (nSPS) is 24.4. The Bertz CT molecular complexity index is 642. The number of hydrogen-bond donors (Lipinski definition) is 0. The Balaban J connectivity index is 1.92. The minimum Gasteiger partial charge on any atom is -0.330 e. The van der Waals surface area contributed by atoms with Crippen LogP contribution in [0.3, 0.4) is 0 Å². The zero-order valence-corrected chi connectivity index (χ0v) is 15.0. The van der Waals surface area contributed by atoms with Gasteiger partial charge in [0.15, 0.2) is 0 Å². The molecule has 2 atom stereocenters. The van der Waals surface area contributed by atoms with E-state index in [-0.39, 0.29) is 24.3 Å². The average Bonchev–Trinajstić information content (AvgIpc) is 2.58. The number of rotatable bonds is 4. The van der Waals surface area contributed by atoms with Crippen molar-refractivity contribution in [1.29, 1.82) is 0 Å². The van der Waals surface area contributed by atoms with Crippen LogP contribution >= 0.6 is 0 Å². The summed E-state index contributed by atoms with van der Waals surface area (Å²) >= 11 is 0. The van der Waals surface area contributed by atoms with E-state index >= 15 is 0 Å². The van der Waals surface area contributed by atoms with Crippen molar-refractivity contribution in [2.45, 2.75) is 52.0 Å². The van der Waals surface area contributed by atoms with Crippen molar-refractivity contribution in [2.24, 2.45) is 5.92 Å². The molecule has 2 aliphatic heterocycles. The number of piperazine rings is 1. The number of carbonyl (C=O) groups excluding carboxylic acids is 2. The molecule has 0 aromatic heterocycles.